The van der Waals surface area contributed by atoms with Gasteiger partial charge in [-0.3, -0.25) is 4.79 Å². The summed E-state index contributed by atoms with van der Waals surface area (Å²) in [6.45, 7) is 2.24. The van der Waals surface area contributed by atoms with Gasteiger partial charge in [0.25, 0.3) is 0 Å². The van der Waals surface area contributed by atoms with Gasteiger partial charge in [0, 0.05) is 37.9 Å². The predicted molar refractivity (Wildman–Crippen MR) is 146 cm³/mol. The third kappa shape index (κ3) is 6.38. The molecule has 1 fully saturated rings. The van der Waals surface area contributed by atoms with E-state index in [1.54, 1.807) is 12.0 Å². The number of hydrogen-bond donors (Lipinski definition) is 1. The summed E-state index contributed by atoms with van der Waals surface area (Å²) in [5, 5.41) is 0. The molecule has 0 spiro atoms. The third-order valence-electron chi connectivity index (χ3n) is 6.57. The van der Waals surface area contributed by atoms with Crippen LogP contribution in [0.15, 0.2) is 77.7 Å². The van der Waals surface area contributed by atoms with Crippen LogP contribution in [0.2, 0.25) is 0 Å². The summed E-state index contributed by atoms with van der Waals surface area (Å²) in [5.41, 5.74) is 1.91. The van der Waals surface area contributed by atoms with Gasteiger partial charge in [0.1, 0.15) is 11.8 Å². The Hall–Kier alpha value is -3.76. The summed E-state index contributed by atoms with van der Waals surface area (Å²) in [6, 6.07) is 20.6. The first kappa shape index (κ1) is 27.3. The van der Waals surface area contributed by atoms with E-state index in [0.717, 1.165) is 17.0 Å². The molecule has 1 aliphatic heterocycles. The number of methoxy groups -OCH3 is 3. The molecule has 1 atom stereocenters. The molecular weight excluding hydrogens is 506 g/mol. The topological polar surface area (TPSA) is 97.4 Å². The highest BCUT2D eigenvalue weighted by Gasteiger charge is 2.32. The Morgan fingerprint density at radius 2 is 1.50 bits per heavy atom. The average Bonchev–Trinajstić information content (AvgIpc) is 2.96. The van der Waals surface area contributed by atoms with E-state index in [0.29, 0.717) is 31.9 Å². The van der Waals surface area contributed by atoms with E-state index in [2.05, 4.69) is 9.62 Å². The van der Waals surface area contributed by atoms with Gasteiger partial charge in [0.2, 0.25) is 15.9 Å². The molecule has 10 heteroatoms. The van der Waals surface area contributed by atoms with Crippen molar-refractivity contribution in [2.75, 3.05) is 52.4 Å². The Morgan fingerprint density at radius 3 is 2.11 bits per heavy atom. The van der Waals surface area contributed by atoms with Crippen molar-refractivity contribution in [2.45, 2.75) is 17.4 Å². The number of ether oxygens (including phenoxy) is 3. The number of rotatable bonds is 10. The Balaban J connectivity index is 1.51. The predicted octanol–water partition coefficient (Wildman–Crippen LogP) is 2.95. The number of nitrogens with zero attached hydrogens (tertiary/aromatic N) is 2. The van der Waals surface area contributed by atoms with Crippen LogP contribution in [0.5, 0.6) is 17.2 Å². The summed E-state index contributed by atoms with van der Waals surface area (Å²) >= 11 is 0. The molecule has 0 unspecified atom stereocenters. The van der Waals surface area contributed by atoms with Gasteiger partial charge in [-0.25, -0.2) is 8.42 Å². The fourth-order valence-electron chi connectivity index (χ4n) is 4.47. The maximum Gasteiger partial charge on any atom is 0.241 e. The lowest BCUT2D eigenvalue weighted by Gasteiger charge is -2.37. The van der Waals surface area contributed by atoms with Gasteiger partial charge >= 0.3 is 0 Å². The summed E-state index contributed by atoms with van der Waals surface area (Å²) in [6.07, 6.45) is 0.227. The molecule has 202 valence electrons. The van der Waals surface area contributed by atoms with Gasteiger partial charge < -0.3 is 24.0 Å². The van der Waals surface area contributed by atoms with Gasteiger partial charge in [-0.2, -0.15) is 4.72 Å². The Kier molecular flexibility index (Phi) is 8.75. The van der Waals surface area contributed by atoms with Crippen molar-refractivity contribution in [2.24, 2.45) is 0 Å². The fourth-order valence-corrected chi connectivity index (χ4v) is 5.67. The third-order valence-corrected chi connectivity index (χ3v) is 8.04. The number of carbonyl (C=O) groups is 1. The molecule has 1 saturated heterocycles. The fraction of sp³-hybridized carbons (Fsp3) is 0.321. The SMILES string of the molecule is COc1ccc(N2CCN(C(=O)[C@H](Cc3ccccc3)NS(=O)(=O)c3ccc(OC)c(OC)c3)CC2)cc1. The second kappa shape index (κ2) is 12.2. The largest absolute Gasteiger partial charge is 0.497 e. The second-order valence-electron chi connectivity index (χ2n) is 8.89. The molecule has 0 saturated carbocycles. The minimum Gasteiger partial charge on any atom is -0.497 e. The second-order valence-corrected chi connectivity index (χ2v) is 10.6. The van der Waals surface area contributed by atoms with E-state index < -0.39 is 16.1 Å². The molecule has 3 aromatic carbocycles. The van der Waals surface area contributed by atoms with E-state index in [1.807, 2.05) is 54.6 Å². The lowest BCUT2D eigenvalue weighted by Crippen LogP contribution is -2.55. The van der Waals surface area contributed by atoms with Crippen molar-refractivity contribution >= 4 is 21.6 Å². The number of hydrogen-bond acceptors (Lipinski definition) is 7. The normalized spacial score (nSPS) is 14.6. The van der Waals surface area contributed by atoms with Crippen LogP contribution in [0.4, 0.5) is 5.69 Å². The standard InChI is InChI=1S/C28H33N3O6S/c1-35-23-11-9-22(10-12-23)30-15-17-31(18-16-30)28(32)25(19-21-7-5-4-6-8-21)29-38(33,34)24-13-14-26(36-2)27(20-24)37-3/h4-14,20,25,29H,15-19H2,1-3H3/t25-/m0/s1. The van der Waals surface area contributed by atoms with E-state index >= 15 is 0 Å². The molecule has 9 nitrogen and oxygen atoms in total. The number of nitrogens with one attached hydrogen (secondary N) is 1. The highest BCUT2D eigenvalue weighted by molar-refractivity contribution is 7.89. The maximum atomic E-state index is 13.7. The summed E-state index contributed by atoms with van der Waals surface area (Å²) < 4.78 is 45.1. The number of benzene rings is 3. The Bertz CT molecular complexity index is 1320. The number of anilines is 1. The van der Waals surface area contributed by atoms with Crippen LogP contribution in [0.3, 0.4) is 0 Å². The maximum absolute atomic E-state index is 13.7. The first-order valence-electron chi connectivity index (χ1n) is 12.3. The minimum absolute atomic E-state index is 0.00895. The molecule has 0 aromatic heterocycles. The molecular formula is C28H33N3O6S. The van der Waals surface area contributed by atoms with Crippen molar-refractivity contribution in [1.29, 1.82) is 0 Å². The van der Waals surface area contributed by atoms with Gasteiger partial charge in [-0.05, 0) is 48.4 Å². The minimum atomic E-state index is -4.04. The molecule has 38 heavy (non-hydrogen) atoms. The lowest BCUT2D eigenvalue weighted by molar-refractivity contribution is -0.133. The van der Waals surface area contributed by atoms with Crippen LogP contribution >= 0.6 is 0 Å². The van der Waals surface area contributed by atoms with Crippen LogP contribution < -0.4 is 23.8 Å². The lowest BCUT2D eigenvalue weighted by atomic mass is 10.1. The molecule has 1 heterocycles. The van der Waals surface area contributed by atoms with Crippen molar-refractivity contribution in [1.82, 2.24) is 9.62 Å². The quantitative estimate of drug-likeness (QED) is 0.423. The summed E-state index contributed by atoms with van der Waals surface area (Å²) in [4.78, 5) is 17.6. The highest BCUT2D eigenvalue weighted by Crippen LogP contribution is 2.29. The van der Waals surface area contributed by atoms with Gasteiger partial charge in [-0.15, -0.1) is 0 Å². The van der Waals surface area contributed by atoms with Crippen molar-refractivity contribution < 1.29 is 27.4 Å². The number of amides is 1. The Labute approximate surface area is 224 Å². The monoisotopic (exact) mass is 539 g/mol. The number of piperazine rings is 1. The van der Waals surface area contributed by atoms with Crippen LogP contribution in [0, 0.1) is 0 Å². The van der Waals surface area contributed by atoms with Crippen molar-refractivity contribution in [3.63, 3.8) is 0 Å². The van der Waals surface area contributed by atoms with Crippen molar-refractivity contribution in [3.05, 3.63) is 78.4 Å². The molecule has 1 N–H and O–H groups in total. The van der Waals surface area contributed by atoms with Crippen LogP contribution in [-0.2, 0) is 21.2 Å². The van der Waals surface area contributed by atoms with E-state index in [-0.39, 0.29) is 23.0 Å². The van der Waals surface area contributed by atoms with E-state index in [4.69, 9.17) is 14.2 Å². The smallest absolute Gasteiger partial charge is 0.241 e. The van der Waals surface area contributed by atoms with E-state index in [9.17, 15) is 13.2 Å². The highest BCUT2D eigenvalue weighted by atomic mass is 32.2. The molecule has 1 aliphatic rings. The van der Waals surface area contributed by atoms with Crippen LogP contribution in [0.25, 0.3) is 0 Å². The first-order valence-corrected chi connectivity index (χ1v) is 13.8. The van der Waals surface area contributed by atoms with Crippen LogP contribution in [-0.4, -0.2) is 72.8 Å². The van der Waals surface area contributed by atoms with Crippen LogP contribution in [0.1, 0.15) is 5.56 Å². The average molecular weight is 540 g/mol. The molecule has 4 rings (SSSR count). The molecule has 0 bridgehead atoms. The first-order chi connectivity index (χ1) is 18.3. The number of sulfonamides is 1. The molecule has 3 aromatic rings. The summed E-state index contributed by atoms with van der Waals surface area (Å²) in [5.74, 6) is 1.23. The van der Waals surface area contributed by atoms with E-state index in [1.165, 1.54) is 32.4 Å². The molecule has 0 radical (unpaired) electrons. The zero-order valence-electron chi connectivity index (χ0n) is 21.8. The number of carbonyl (C=O) groups excluding carboxylic acids is 1. The molecule has 1 amide bonds. The Morgan fingerprint density at radius 1 is 0.842 bits per heavy atom. The van der Waals surface area contributed by atoms with Gasteiger partial charge in [0.05, 0.1) is 26.2 Å². The summed E-state index contributed by atoms with van der Waals surface area (Å²) in [7, 11) is 0.512. The van der Waals surface area contributed by atoms with Gasteiger partial charge in [-0.1, -0.05) is 30.3 Å². The zero-order valence-corrected chi connectivity index (χ0v) is 22.6. The van der Waals surface area contributed by atoms with Crippen molar-refractivity contribution in [3.8, 4) is 17.2 Å². The zero-order chi connectivity index (χ0) is 27.1. The molecule has 0 aliphatic carbocycles. The van der Waals surface area contributed by atoms with Gasteiger partial charge in [0.15, 0.2) is 11.5 Å².